The normalized spacial score (nSPS) is 19.5. The van der Waals surface area contributed by atoms with Gasteiger partial charge in [0.05, 0.1) is 6.61 Å². The summed E-state index contributed by atoms with van der Waals surface area (Å²) in [5.41, 5.74) is 1.04. The van der Waals surface area contributed by atoms with Crippen molar-refractivity contribution < 1.29 is 14.6 Å². The fourth-order valence-corrected chi connectivity index (χ4v) is 2.38. The summed E-state index contributed by atoms with van der Waals surface area (Å²) in [6, 6.07) is 7.74. The summed E-state index contributed by atoms with van der Waals surface area (Å²) in [5.74, 6) is 0.732. The van der Waals surface area contributed by atoms with Gasteiger partial charge in [0.15, 0.2) is 0 Å². The molecule has 0 saturated carbocycles. The molecule has 1 aliphatic rings. The van der Waals surface area contributed by atoms with Crippen LogP contribution in [-0.4, -0.2) is 42.7 Å². The lowest BCUT2D eigenvalue weighted by atomic mass is 10.1. The number of carbonyl (C=O) groups is 1. The Balaban J connectivity index is 1.76. The number of aliphatic carboxylic acids is 1. The van der Waals surface area contributed by atoms with E-state index in [4.69, 9.17) is 9.84 Å². The van der Waals surface area contributed by atoms with Crippen LogP contribution in [0.5, 0.6) is 5.75 Å². The van der Waals surface area contributed by atoms with Gasteiger partial charge in [-0.2, -0.15) is 0 Å². The summed E-state index contributed by atoms with van der Waals surface area (Å²) in [5, 5.41) is 8.63. The molecule has 0 radical (unpaired) electrons. The first-order valence-corrected chi connectivity index (χ1v) is 6.75. The van der Waals surface area contributed by atoms with Gasteiger partial charge in [-0.1, -0.05) is 12.1 Å². The Morgan fingerprint density at radius 2 is 2.16 bits per heavy atom. The minimum absolute atomic E-state index is 0.175. The highest BCUT2D eigenvalue weighted by Gasteiger charge is 2.19. The Bertz CT molecular complexity index is 416. The average molecular weight is 263 g/mol. The molecule has 4 nitrogen and oxygen atoms in total. The van der Waals surface area contributed by atoms with E-state index < -0.39 is 5.97 Å². The van der Waals surface area contributed by atoms with E-state index >= 15 is 0 Å². The number of carboxylic acids is 1. The standard InChI is InChI=1S/C15H21NO3/c1-16-9-8-13(10-16)11-19-14-5-2-12(3-6-14)4-7-15(17)18/h2-3,5-6,13H,4,7-11H2,1H3,(H,17,18). The van der Waals surface area contributed by atoms with Gasteiger partial charge in [0.1, 0.15) is 5.75 Å². The molecule has 0 spiro atoms. The molecule has 0 bridgehead atoms. The van der Waals surface area contributed by atoms with Crippen molar-refractivity contribution in [2.45, 2.75) is 19.3 Å². The molecule has 1 unspecified atom stereocenters. The van der Waals surface area contributed by atoms with E-state index in [1.165, 1.54) is 6.42 Å². The molecule has 1 aromatic rings. The van der Waals surface area contributed by atoms with Crippen molar-refractivity contribution in [3.63, 3.8) is 0 Å². The summed E-state index contributed by atoms with van der Waals surface area (Å²) in [6.45, 7) is 3.03. The van der Waals surface area contributed by atoms with E-state index in [1.807, 2.05) is 24.3 Å². The van der Waals surface area contributed by atoms with Crippen molar-refractivity contribution in [2.75, 3.05) is 26.7 Å². The number of hydrogen-bond donors (Lipinski definition) is 1. The number of hydrogen-bond acceptors (Lipinski definition) is 3. The minimum atomic E-state index is -0.759. The quantitative estimate of drug-likeness (QED) is 0.853. The van der Waals surface area contributed by atoms with Gasteiger partial charge in [-0.3, -0.25) is 4.79 Å². The smallest absolute Gasteiger partial charge is 0.303 e. The van der Waals surface area contributed by atoms with E-state index in [-0.39, 0.29) is 6.42 Å². The van der Waals surface area contributed by atoms with Crippen LogP contribution < -0.4 is 4.74 Å². The molecular formula is C15H21NO3. The average Bonchev–Trinajstić information content (AvgIpc) is 2.81. The van der Waals surface area contributed by atoms with Crippen molar-refractivity contribution in [3.8, 4) is 5.75 Å². The van der Waals surface area contributed by atoms with Gasteiger partial charge >= 0.3 is 5.97 Å². The molecule has 104 valence electrons. The van der Waals surface area contributed by atoms with E-state index in [2.05, 4.69) is 11.9 Å². The molecule has 19 heavy (non-hydrogen) atoms. The van der Waals surface area contributed by atoms with E-state index in [0.29, 0.717) is 12.3 Å². The molecule has 1 heterocycles. The largest absolute Gasteiger partial charge is 0.493 e. The van der Waals surface area contributed by atoms with Crippen molar-refractivity contribution in [3.05, 3.63) is 29.8 Å². The van der Waals surface area contributed by atoms with Crippen molar-refractivity contribution >= 4 is 5.97 Å². The van der Waals surface area contributed by atoms with Crippen LogP contribution in [0.3, 0.4) is 0 Å². The number of likely N-dealkylation sites (tertiary alicyclic amines) is 1. The molecule has 4 heteroatoms. The number of aryl methyl sites for hydroxylation is 1. The van der Waals surface area contributed by atoms with E-state index in [1.54, 1.807) is 0 Å². The first-order chi connectivity index (χ1) is 9.13. The topological polar surface area (TPSA) is 49.8 Å². The molecule has 0 amide bonds. The van der Waals surface area contributed by atoms with E-state index in [9.17, 15) is 4.79 Å². The van der Waals surface area contributed by atoms with Crippen LogP contribution in [0.4, 0.5) is 0 Å². The van der Waals surface area contributed by atoms with Gasteiger partial charge in [-0.05, 0) is 44.1 Å². The zero-order chi connectivity index (χ0) is 13.7. The lowest BCUT2D eigenvalue weighted by Crippen LogP contribution is -2.17. The predicted octanol–water partition coefficient (Wildman–Crippen LogP) is 2.03. The number of benzene rings is 1. The Hall–Kier alpha value is -1.55. The van der Waals surface area contributed by atoms with Gasteiger partial charge in [-0.25, -0.2) is 0 Å². The van der Waals surface area contributed by atoms with E-state index in [0.717, 1.165) is 31.0 Å². The van der Waals surface area contributed by atoms with Crippen LogP contribution in [0.1, 0.15) is 18.4 Å². The fraction of sp³-hybridized carbons (Fsp3) is 0.533. The maximum Gasteiger partial charge on any atom is 0.303 e. The Morgan fingerprint density at radius 1 is 1.42 bits per heavy atom. The SMILES string of the molecule is CN1CCC(COc2ccc(CCC(=O)O)cc2)C1. The third kappa shape index (κ3) is 4.56. The zero-order valence-corrected chi connectivity index (χ0v) is 11.3. The van der Waals surface area contributed by atoms with Crippen molar-refractivity contribution in [1.82, 2.24) is 4.90 Å². The fourth-order valence-electron chi connectivity index (χ4n) is 2.38. The van der Waals surface area contributed by atoms with Crippen LogP contribution in [0.2, 0.25) is 0 Å². The van der Waals surface area contributed by atoms with Crippen LogP contribution in [0, 0.1) is 5.92 Å². The molecule has 1 aromatic carbocycles. The Kier molecular flexibility index (Phi) is 4.80. The lowest BCUT2D eigenvalue weighted by molar-refractivity contribution is -0.136. The summed E-state index contributed by atoms with van der Waals surface area (Å²) in [4.78, 5) is 12.8. The zero-order valence-electron chi connectivity index (χ0n) is 11.3. The Labute approximate surface area is 114 Å². The summed E-state index contributed by atoms with van der Waals surface area (Å²) >= 11 is 0. The van der Waals surface area contributed by atoms with Crippen LogP contribution in [0.25, 0.3) is 0 Å². The highest BCUT2D eigenvalue weighted by Crippen LogP contribution is 2.18. The maximum atomic E-state index is 10.5. The first kappa shape index (κ1) is 13.9. The number of carboxylic acid groups (broad SMARTS) is 1. The van der Waals surface area contributed by atoms with Crippen molar-refractivity contribution in [2.24, 2.45) is 5.92 Å². The van der Waals surface area contributed by atoms with Crippen LogP contribution in [-0.2, 0) is 11.2 Å². The van der Waals surface area contributed by atoms with Crippen LogP contribution in [0.15, 0.2) is 24.3 Å². The number of rotatable bonds is 6. The van der Waals surface area contributed by atoms with Crippen LogP contribution >= 0.6 is 0 Å². The molecule has 1 atom stereocenters. The second-order valence-electron chi connectivity index (χ2n) is 5.27. The molecule has 1 saturated heterocycles. The molecule has 0 aliphatic carbocycles. The second kappa shape index (κ2) is 6.57. The molecule has 2 rings (SSSR count). The summed E-state index contributed by atoms with van der Waals surface area (Å²) in [6.07, 6.45) is 1.95. The monoisotopic (exact) mass is 263 g/mol. The van der Waals surface area contributed by atoms with Gasteiger partial charge in [-0.15, -0.1) is 0 Å². The highest BCUT2D eigenvalue weighted by atomic mass is 16.5. The number of nitrogens with zero attached hydrogens (tertiary/aromatic N) is 1. The van der Waals surface area contributed by atoms with Crippen molar-refractivity contribution in [1.29, 1.82) is 0 Å². The molecule has 1 N–H and O–H groups in total. The maximum absolute atomic E-state index is 10.5. The molecular weight excluding hydrogens is 242 g/mol. The van der Waals surface area contributed by atoms with Gasteiger partial charge in [0.25, 0.3) is 0 Å². The molecule has 1 fully saturated rings. The highest BCUT2D eigenvalue weighted by molar-refractivity contribution is 5.67. The minimum Gasteiger partial charge on any atom is -0.493 e. The molecule has 1 aliphatic heterocycles. The second-order valence-corrected chi connectivity index (χ2v) is 5.27. The first-order valence-electron chi connectivity index (χ1n) is 6.75. The third-order valence-electron chi connectivity index (χ3n) is 3.53. The molecule has 0 aromatic heterocycles. The van der Waals surface area contributed by atoms with Gasteiger partial charge < -0.3 is 14.7 Å². The van der Waals surface area contributed by atoms with Gasteiger partial charge in [0.2, 0.25) is 0 Å². The summed E-state index contributed by atoms with van der Waals surface area (Å²) in [7, 11) is 2.14. The third-order valence-corrected chi connectivity index (χ3v) is 3.53. The number of ether oxygens (including phenoxy) is 1. The van der Waals surface area contributed by atoms with Gasteiger partial charge in [0, 0.05) is 18.9 Å². The lowest BCUT2D eigenvalue weighted by Gasteiger charge is -2.12. The predicted molar refractivity (Wildman–Crippen MR) is 73.5 cm³/mol. The summed E-state index contributed by atoms with van der Waals surface area (Å²) < 4.78 is 5.78. The Morgan fingerprint density at radius 3 is 2.74 bits per heavy atom.